The van der Waals surface area contributed by atoms with Crippen LogP contribution in [0.3, 0.4) is 0 Å². The zero-order chi connectivity index (χ0) is 81.1. The number of carbonyl (C=O) groups is 3. The number of rotatable bonds is 6. The summed E-state index contributed by atoms with van der Waals surface area (Å²) in [5, 5.41) is 11.3. The number of aromatic nitrogens is 12. The third-order valence-corrected chi connectivity index (χ3v) is 22.9. The van der Waals surface area contributed by atoms with E-state index in [4.69, 9.17) is 19.7 Å². The summed E-state index contributed by atoms with van der Waals surface area (Å²) in [6.45, 7) is 18.6. The Balaban J connectivity index is 0.000000126. The Kier molecular flexibility index (Phi) is 20.5. The first-order chi connectivity index (χ1) is 56.5. The van der Waals surface area contributed by atoms with Crippen molar-refractivity contribution in [1.82, 2.24) is 72.7 Å². The predicted molar refractivity (Wildman–Crippen MR) is 457 cm³/mol. The Morgan fingerprint density at radius 2 is 0.897 bits per heavy atom. The largest absolute Gasteiger partial charge is 0.482 e. The Labute approximate surface area is 676 Å². The standard InChI is InChI=1S/C31H35N7O2.C30H35N7O.C28H25N7O4/c1-21(39)36-14-7-5-6-8-15-37-29(40)26-18-32-30(34-28(26)38(37)25-11-9-10-24(36)17-25)33-23-12-13-27-22(16-23)19-35(4)20-31(27,2)3;1-30(2)20-34(3)19-21-16-22(12-13-26(21)30)32-29-31-18-25-27(33-29)37-24-11-9-10-23(17-24)35(4)14-7-5-6-8-15-36(37)28(25)38;1-32-15-17-12-18(6-8-20(17)26(32)37)30-28-29-14-21-25(31-28)35-19-7-9-23-22(13-19)33(24(36)16-39-23)10-4-2-3-5-11-34(35)27(21)38/h6,8-13,16-18H,5,7,14-15,19-20H2,1-4H3,(H,32,33,34);6,8-13,16-18H,5,7,14-15,19-20H2,1-4H3,(H,31,32,33);3,5-9,12-14H,2,4,10-11,15-16H2,1H3,(H,29,30,31). The van der Waals surface area contributed by atoms with Gasteiger partial charge in [-0.1, -0.05) is 88.4 Å². The summed E-state index contributed by atoms with van der Waals surface area (Å²) >= 11 is 0. The van der Waals surface area contributed by atoms with Crippen LogP contribution < -0.4 is 52.1 Å². The number of hydrogen-bond donors (Lipinski definition) is 3. The van der Waals surface area contributed by atoms with Crippen LogP contribution in [0.2, 0.25) is 0 Å². The molecule has 117 heavy (non-hydrogen) atoms. The van der Waals surface area contributed by atoms with E-state index in [0.717, 1.165) is 117 Å². The van der Waals surface area contributed by atoms with Gasteiger partial charge >= 0.3 is 0 Å². The van der Waals surface area contributed by atoms with Crippen molar-refractivity contribution in [2.24, 2.45) is 0 Å². The van der Waals surface area contributed by atoms with E-state index in [1.807, 2.05) is 94.3 Å². The van der Waals surface area contributed by atoms with E-state index in [9.17, 15) is 28.8 Å². The molecule has 0 radical (unpaired) electrons. The fraction of sp³-hybridized carbons (Fsp3) is 0.326. The van der Waals surface area contributed by atoms with Crippen LogP contribution in [-0.2, 0) is 59.7 Å². The fourth-order valence-corrected chi connectivity index (χ4v) is 17.5. The van der Waals surface area contributed by atoms with Gasteiger partial charge in [0, 0.05) is 137 Å². The van der Waals surface area contributed by atoms with Gasteiger partial charge in [0.15, 0.2) is 23.5 Å². The van der Waals surface area contributed by atoms with Crippen LogP contribution in [0.4, 0.5) is 52.0 Å². The molecule has 0 unspecified atom stereocenters. The number of fused-ring (bicyclic) bond motifs is 20. The van der Waals surface area contributed by atoms with Gasteiger partial charge in [0.25, 0.3) is 28.5 Å². The second-order valence-corrected chi connectivity index (χ2v) is 32.6. The van der Waals surface area contributed by atoms with Crippen molar-refractivity contribution < 1.29 is 19.1 Å². The number of benzene rings is 6. The molecule has 12 aromatic rings. The molecule has 3 amide bonds. The maximum atomic E-state index is 13.5. The van der Waals surface area contributed by atoms with E-state index in [2.05, 4.69) is 161 Å². The minimum Gasteiger partial charge on any atom is -0.482 e. The van der Waals surface area contributed by atoms with Gasteiger partial charge in [-0.3, -0.25) is 28.8 Å². The molecule has 598 valence electrons. The lowest BCUT2D eigenvalue weighted by molar-refractivity contribution is -0.121. The second-order valence-electron chi connectivity index (χ2n) is 32.6. The van der Waals surface area contributed by atoms with Gasteiger partial charge in [0.1, 0.15) is 21.9 Å². The summed E-state index contributed by atoms with van der Waals surface area (Å²) in [5.41, 5.74) is 15.8. The molecular weight excluding hydrogens is 1480 g/mol. The van der Waals surface area contributed by atoms with Crippen LogP contribution >= 0.6 is 0 Å². The van der Waals surface area contributed by atoms with E-state index in [1.165, 1.54) is 28.5 Å². The monoisotopic (exact) mass is 1570 g/mol. The predicted octanol–water partition coefficient (Wildman–Crippen LogP) is 12.6. The lowest BCUT2D eigenvalue weighted by Gasteiger charge is -2.38. The summed E-state index contributed by atoms with van der Waals surface area (Å²) in [6, 6.07) is 40.0. The molecule has 0 aliphatic carbocycles. The van der Waals surface area contributed by atoms with Crippen molar-refractivity contribution in [3.05, 3.63) is 241 Å². The summed E-state index contributed by atoms with van der Waals surface area (Å²) < 4.78 is 16.3. The number of allylic oxidation sites excluding steroid dienone is 6. The average molecular weight is 1570 g/mol. The minimum absolute atomic E-state index is 0.00371. The lowest BCUT2D eigenvalue weighted by Crippen LogP contribution is -2.39. The van der Waals surface area contributed by atoms with Gasteiger partial charge in [-0.25, -0.2) is 43.0 Å². The summed E-state index contributed by atoms with van der Waals surface area (Å²) in [6.07, 6.45) is 22.3. The molecule has 6 aromatic carbocycles. The molecule has 0 saturated heterocycles. The highest BCUT2D eigenvalue weighted by Gasteiger charge is 2.34. The normalized spacial score (nSPS) is 17.0. The lowest BCUT2D eigenvalue weighted by atomic mass is 9.78. The maximum Gasteiger partial charge on any atom is 0.278 e. The molecule has 28 heteroatoms. The van der Waals surface area contributed by atoms with Crippen LogP contribution in [0.5, 0.6) is 5.75 Å². The van der Waals surface area contributed by atoms with Gasteiger partial charge < -0.3 is 50.1 Å². The van der Waals surface area contributed by atoms with Crippen molar-refractivity contribution in [1.29, 1.82) is 0 Å². The summed E-state index contributed by atoms with van der Waals surface area (Å²) in [7, 11) is 8.19. The smallest absolute Gasteiger partial charge is 0.278 e. The van der Waals surface area contributed by atoms with Gasteiger partial charge in [0.2, 0.25) is 23.8 Å². The molecular formula is C89H95N21O7. The van der Waals surface area contributed by atoms with Crippen LogP contribution in [0.1, 0.15) is 111 Å². The molecule has 3 N–H and O–H groups in total. The number of anilines is 9. The summed E-state index contributed by atoms with van der Waals surface area (Å²) in [4.78, 5) is 118. The Morgan fingerprint density at radius 1 is 0.453 bits per heavy atom. The van der Waals surface area contributed by atoms with E-state index in [0.29, 0.717) is 113 Å². The molecule has 7 aliphatic rings. The highest BCUT2D eigenvalue weighted by Crippen LogP contribution is 2.39. The van der Waals surface area contributed by atoms with Gasteiger partial charge in [-0.15, -0.1) is 0 Å². The average Bonchev–Trinajstić information content (AvgIpc) is 1.68. The molecule has 13 heterocycles. The van der Waals surface area contributed by atoms with Crippen LogP contribution in [-0.4, -0.2) is 158 Å². The van der Waals surface area contributed by atoms with Crippen LogP contribution in [0.15, 0.2) is 191 Å². The highest BCUT2D eigenvalue weighted by molar-refractivity contribution is 5.99. The first kappa shape index (κ1) is 76.5. The molecule has 28 nitrogen and oxygen atoms in total. The van der Waals surface area contributed by atoms with Crippen molar-refractivity contribution in [3.63, 3.8) is 0 Å². The van der Waals surface area contributed by atoms with Crippen molar-refractivity contribution in [2.45, 2.75) is 123 Å². The summed E-state index contributed by atoms with van der Waals surface area (Å²) in [5.74, 6) is 1.74. The zero-order valence-corrected chi connectivity index (χ0v) is 67.4. The Morgan fingerprint density at radius 3 is 1.40 bits per heavy atom. The van der Waals surface area contributed by atoms with Crippen LogP contribution in [0.25, 0.3) is 50.2 Å². The third kappa shape index (κ3) is 15.0. The number of nitrogens with one attached hydrogen (secondary N) is 3. The third-order valence-electron chi connectivity index (χ3n) is 22.9. The van der Waals surface area contributed by atoms with E-state index >= 15 is 0 Å². The topological polar surface area (TPSA) is 274 Å². The van der Waals surface area contributed by atoms with Gasteiger partial charge in [0.05, 0.1) is 42.4 Å². The van der Waals surface area contributed by atoms with Gasteiger partial charge in [-0.05, 0) is 177 Å². The first-order valence-electron chi connectivity index (χ1n) is 40.0. The first-order valence-corrected chi connectivity index (χ1v) is 40.0. The van der Waals surface area contributed by atoms with E-state index < -0.39 is 0 Å². The molecule has 6 bridgehead atoms. The molecule has 0 fully saturated rings. The SMILES string of the molecule is CC(=O)N1CCCC=CCn2c(=O)c3cnc(Nc4ccc5c(c4)CN(C)CC5(C)C)nc3n2-c2cccc1c2.CN1Cc2cc(Nc3ncc4c(=O)n5n(c4n3)-c3ccc4c(c3)N(CCCC=CC5)C(=O)CO4)ccc2C1=O.CN1Cc2cc(Nc3ncc4c(=O)n5n(c4n3)-c3cccc(c3)N(C)CCCC=CC5)ccc2C(C)(C)C1. The minimum atomic E-state index is -0.209. The number of amides is 3. The van der Waals surface area contributed by atoms with E-state index in [1.54, 1.807) is 65.9 Å². The molecule has 19 rings (SSSR count). The molecule has 0 atom stereocenters. The van der Waals surface area contributed by atoms with Crippen LogP contribution in [0, 0.1) is 0 Å². The molecule has 0 saturated carbocycles. The Bertz CT molecular complexity index is 6250. The fourth-order valence-electron chi connectivity index (χ4n) is 17.5. The second kappa shape index (κ2) is 31.3. The van der Waals surface area contributed by atoms with Crippen molar-refractivity contribution in [2.75, 3.05) is 98.2 Å². The number of nitrogens with zero attached hydrogens (tertiary/aromatic N) is 18. The van der Waals surface area contributed by atoms with Gasteiger partial charge in [-0.2, -0.15) is 15.0 Å². The number of carbonyl (C=O) groups excluding carboxylic acids is 3. The number of likely N-dealkylation sites (N-methyl/N-ethyl adjacent to an activating group) is 2. The molecule has 7 aliphatic heterocycles. The number of ether oxygens (including phenoxy) is 1. The molecule has 0 spiro atoms. The van der Waals surface area contributed by atoms with Crippen molar-refractivity contribution >= 4 is 103 Å². The highest BCUT2D eigenvalue weighted by atomic mass is 16.5. The maximum absolute atomic E-state index is 13.5. The zero-order valence-electron chi connectivity index (χ0n) is 67.4. The van der Waals surface area contributed by atoms with E-state index in [-0.39, 0.29) is 51.8 Å². The Hall–Kier alpha value is -13.1. The van der Waals surface area contributed by atoms with Crippen molar-refractivity contribution in [3.8, 4) is 22.8 Å². The quantitative estimate of drug-likeness (QED) is 0.130. The molecule has 6 aromatic heterocycles. The number of hydrogen-bond acceptors (Lipinski definition) is 19.